The Labute approximate surface area is 162 Å². The molecule has 1 aromatic heterocycles. The summed E-state index contributed by atoms with van der Waals surface area (Å²) >= 11 is 9.38. The van der Waals surface area contributed by atoms with Crippen molar-refractivity contribution in [3.8, 4) is 0 Å². The summed E-state index contributed by atoms with van der Waals surface area (Å²) in [6.07, 6.45) is 1.96. The molecule has 0 spiro atoms. The predicted octanol–water partition coefficient (Wildman–Crippen LogP) is 2.00. The molecule has 0 atom stereocenters. The number of aromatic nitrogens is 1. The van der Waals surface area contributed by atoms with E-state index >= 15 is 0 Å². The minimum absolute atomic E-state index is 0.463. The van der Waals surface area contributed by atoms with E-state index in [-0.39, 0.29) is 0 Å². The first kappa shape index (κ1) is 25.2. The van der Waals surface area contributed by atoms with Crippen LogP contribution < -0.4 is 21.5 Å². The minimum Gasteiger partial charge on any atom is -0.382 e. The van der Waals surface area contributed by atoms with E-state index in [0.29, 0.717) is 5.11 Å². The molecule has 0 unspecified atom stereocenters. The second-order valence-corrected chi connectivity index (χ2v) is 4.90. The molecule has 0 saturated heterocycles. The third kappa shape index (κ3) is 11.2. The van der Waals surface area contributed by atoms with Crippen LogP contribution in [0.1, 0.15) is 33.4 Å². The Kier molecular flexibility index (Phi) is 17.0. The Balaban J connectivity index is 0. The van der Waals surface area contributed by atoms with Gasteiger partial charge in [-0.2, -0.15) is 10.2 Å². The van der Waals surface area contributed by atoms with Crippen molar-refractivity contribution in [1.29, 1.82) is 0 Å². The summed E-state index contributed by atoms with van der Waals surface area (Å²) in [5.41, 5.74) is 9.52. The van der Waals surface area contributed by atoms with Gasteiger partial charge in [0.15, 0.2) is 5.11 Å². The summed E-state index contributed by atoms with van der Waals surface area (Å²) in [4.78, 5) is 0. The maximum absolute atomic E-state index is 4.96. The zero-order valence-corrected chi connectivity index (χ0v) is 17.8. The minimum atomic E-state index is 0.463. The van der Waals surface area contributed by atoms with Gasteiger partial charge in [-0.15, -0.1) is 0 Å². The highest BCUT2D eigenvalue weighted by Gasteiger charge is 2.10. The van der Waals surface area contributed by atoms with Crippen LogP contribution in [-0.2, 0) is 7.05 Å². The molecule has 0 fully saturated rings. The normalized spacial score (nSPS) is 10.4. The molecule has 1 rings (SSSR count). The lowest BCUT2D eigenvalue weighted by molar-refractivity contribution is 0.881. The largest absolute Gasteiger partial charge is 0.382 e. The summed E-state index contributed by atoms with van der Waals surface area (Å²) in [6, 6.07) is 3.94. The van der Waals surface area contributed by atoms with E-state index in [2.05, 4.69) is 43.9 Å². The standard InChI is InChI=1S/C11H18N6S.C3H7NS.C2H6/c1-8(14-16-11(18)12-2)10(15-13-3)9-6-5-7-17(9)4;1-2-4-3-5;1-2/h5-7,13H,1-4H3,(H2,12,16,18);3H,2H2,1H3,(H,4,5);1-2H3/b14-8+,15-10-;;. The number of nitrogens with zero attached hydrogens (tertiary/aromatic N) is 3. The molecule has 0 aliphatic carbocycles. The molecule has 0 aliphatic heterocycles. The fourth-order valence-corrected chi connectivity index (χ4v) is 1.68. The van der Waals surface area contributed by atoms with Gasteiger partial charge < -0.3 is 20.6 Å². The topological polar surface area (TPSA) is 77.8 Å². The Hall–Kier alpha value is -2.00. The zero-order valence-electron chi connectivity index (χ0n) is 16.2. The van der Waals surface area contributed by atoms with Crippen molar-refractivity contribution in [3.63, 3.8) is 0 Å². The van der Waals surface area contributed by atoms with Gasteiger partial charge in [0, 0.05) is 33.9 Å². The van der Waals surface area contributed by atoms with Crippen LogP contribution >= 0.6 is 24.4 Å². The van der Waals surface area contributed by atoms with E-state index in [1.165, 1.54) is 5.49 Å². The molecule has 0 amide bonds. The molecule has 0 saturated carbocycles. The smallest absolute Gasteiger partial charge is 0.186 e. The molecule has 25 heavy (non-hydrogen) atoms. The Morgan fingerprint density at radius 3 is 2.28 bits per heavy atom. The van der Waals surface area contributed by atoms with Crippen LogP contribution in [0.25, 0.3) is 0 Å². The number of hydrogen-bond donors (Lipinski definition) is 4. The molecular formula is C16H31N7S2. The van der Waals surface area contributed by atoms with Gasteiger partial charge in [0.25, 0.3) is 0 Å². The first-order valence-electron chi connectivity index (χ1n) is 8.07. The molecule has 0 radical (unpaired) electrons. The summed E-state index contributed by atoms with van der Waals surface area (Å²) in [5, 5.41) is 14.5. The van der Waals surface area contributed by atoms with Crippen molar-refractivity contribution in [2.24, 2.45) is 17.3 Å². The van der Waals surface area contributed by atoms with Crippen LogP contribution in [0.5, 0.6) is 0 Å². The first-order chi connectivity index (χ1) is 12.0. The van der Waals surface area contributed by atoms with Gasteiger partial charge in [-0.1, -0.05) is 26.1 Å². The molecule has 1 heterocycles. The van der Waals surface area contributed by atoms with Crippen LogP contribution in [0.4, 0.5) is 0 Å². The van der Waals surface area contributed by atoms with E-state index in [9.17, 15) is 0 Å². The lowest BCUT2D eigenvalue weighted by atomic mass is 10.2. The highest BCUT2D eigenvalue weighted by Crippen LogP contribution is 2.03. The third-order valence-corrected chi connectivity index (χ3v) is 3.05. The van der Waals surface area contributed by atoms with Crippen LogP contribution in [0.2, 0.25) is 0 Å². The average molecular weight is 386 g/mol. The highest BCUT2D eigenvalue weighted by atomic mass is 32.1. The van der Waals surface area contributed by atoms with Gasteiger partial charge in [0.05, 0.1) is 16.9 Å². The molecule has 0 aromatic carbocycles. The quantitative estimate of drug-likeness (QED) is 0.341. The zero-order chi connectivity index (χ0) is 19.7. The van der Waals surface area contributed by atoms with Gasteiger partial charge >= 0.3 is 0 Å². The van der Waals surface area contributed by atoms with Gasteiger partial charge in [0.1, 0.15) is 5.71 Å². The second-order valence-electron chi connectivity index (χ2n) is 4.25. The van der Waals surface area contributed by atoms with E-state index < -0.39 is 0 Å². The van der Waals surface area contributed by atoms with Crippen molar-refractivity contribution in [3.05, 3.63) is 24.0 Å². The number of hydrazone groups is 2. The maximum atomic E-state index is 4.96. The van der Waals surface area contributed by atoms with E-state index in [0.717, 1.165) is 23.7 Å². The van der Waals surface area contributed by atoms with Crippen LogP contribution in [0.15, 0.2) is 28.5 Å². The Morgan fingerprint density at radius 2 is 1.92 bits per heavy atom. The molecular weight excluding hydrogens is 354 g/mol. The number of aryl methyl sites for hydroxylation is 1. The third-order valence-electron chi connectivity index (χ3n) is 2.59. The van der Waals surface area contributed by atoms with Gasteiger partial charge in [-0.3, -0.25) is 5.43 Å². The molecule has 0 aliphatic rings. The maximum Gasteiger partial charge on any atom is 0.186 e. The number of thiocarbonyl (C=S) groups is 2. The molecule has 0 bridgehead atoms. The Bertz CT molecular complexity index is 550. The molecule has 7 nitrogen and oxygen atoms in total. The molecule has 4 N–H and O–H groups in total. The molecule has 9 heteroatoms. The second kappa shape index (κ2) is 16.8. The van der Waals surface area contributed by atoms with Gasteiger partial charge in [-0.05, 0) is 38.2 Å². The lowest BCUT2D eigenvalue weighted by Crippen LogP contribution is -2.30. The summed E-state index contributed by atoms with van der Waals surface area (Å²) in [7, 11) is 5.45. The summed E-state index contributed by atoms with van der Waals surface area (Å²) < 4.78 is 1.98. The van der Waals surface area contributed by atoms with Crippen molar-refractivity contribution in [2.45, 2.75) is 27.7 Å². The van der Waals surface area contributed by atoms with Crippen LogP contribution in [0.3, 0.4) is 0 Å². The molecule has 1 aromatic rings. The van der Waals surface area contributed by atoms with Crippen LogP contribution in [-0.4, -0.2) is 47.2 Å². The number of hydrogen-bond acceptors (Lipinski definition) is 5. The lowest BCUT2D eigenvalue weighted by Gasteiger charge is -2.08. The van der Waals surface area contributed by atoms with Crippen LogP contribution in [0, 0.1) is 0 Å². The van der Waals surface area contributed by atoms with Gasteiger partial charge in [-0.25, -0.2) is 0 Å². The fourth-order valence-electron chi connectivity index (χ4n) is 1.47. The van der Waals surface area contributed by atoms with E-state index in [1.54, 1.807) is 14.1 Å². The van der Waals surface area contributed by atoms with Crippen molar-refractivity contribution in [1.82, 2.24) is 26.1 Å². The molecule has 142 valence electrons. The highest BCUT2D eigenvalue weighted by molar-refractivity contribution is 7.80. The van der Waals surface area contributed by atoms with E-state index in [4.69, 9.17) is 12.2 Å². The SMILES string of the molecule is CC.CCNC=S.CN/N=C(/C(C)=N/NC(=S)NC)c1cccn1C. The number of rotatable bonds is 6. The predicted molar refractivity (Wildman–Crippen MR) is 118 cm³/mol. The summed E-state index contributed by atoms with van der Waals surface area (Å²) in [6.45, 7) is 8.81. The average Bonchev–Trinajstić information content (AvgIpc) is 3.05. The van der Waals surface area contributed by atoms with Gasteiger partial charge in [0.2, 0.25) is 0 Å². The van der Waals surface area contributed by atoms with Crippen molar-refractivity contribution < 1.29 is 0 Å². The monoisotopic (exact) mass is 385 g/mol. The van der Waals surface area contributed by atoms with Crippen molar-refractivity contribution in [2.75, 3.05) is 20.6 Å². The fraction of sp³-hybridized carbons (Fsp3) is 0.500. The van der Waals surface area contributed by atoms with Crippen molar-refractivity contribution >= 4 is 46.5 Å². The van der Waals surface area contributed by atoms with E-state index in [1.807, 2.05) is 57.6 Å². The summed E-state index contributed by atoms with van der Waals surface area (Å²) in [5.74, 6) is 0. The first-order valence-corrected chi connectivity index (χ1v) is 8.95. The number of nitrogens with one attached hydrogen (secondary N) is 4. The Morgan fingerprint density at radius 1 is 1.28 bits per heavy atom.